The van der Waals surface area contributed by atoms with E-state index in [0.717, 1.165) is 0 Å². The van der Waals surface area contributed by atoms with Gasteiger partial charge in [0.05, 0.1) is 9.82 Å². The number of primary sulfonamides is 1. The Balaban J connectivity index is 2.81. The van der Waals surface area contributed by atoms with Crippen molar-refractivity contribution in [1.82, 2.24) is 0 Å². The van der Waals surface area contributed by atoms with E-state index in [-0.39, 0.29) is 10.6 Å². The van der Waals surface area contributed by atoms with E-state index < -0.39 is 14.9 Å². The number of nitrogens with two attached hydrogens (primary N) is 1. The number of rotatable bonds is 2. The van der Waals surface area contributed by atoms with Gasteiger partial charge in [0, 0.05) is 17.5 Å². The van der Waals surface area contributed by atoms with Crippen molar-refractivity contribution in [3.05, 3.63) is 46.5 Å². The Morgan fingerprint density at radius 3 is 2.47 bits per heavy atom. The molecule has 0 saturated heterocycles. The number of fused-ring (bicyclic) bond motifs is 1. The van der Waals surface area contributed by atoms with Gasteiger partial charge in [-0.3, -0.25) is 10.1 Å². The van der Waals surface area contributed by atoms with Crippen LogP contribution in [0.25, 0.3) is 10.8 Å². The first kappa shape index (κ1) is 11.5. The fourth-order valence-corrected chi connectivity index (χ4v) is 2.36. The third-order valence-corrected chi connectivity index (χ3v) is 3.31. The molecular weight excluding hydrogens is 244 g/mol. The molecule has 7 heteroatoms. The van der Waals surface area contributed by atoms with Crippen molar-refractivity contribution >= 4 is 26.5 Å². The zero-order valence-corrected chi connectivity index (χ0v) is 9.35. The maximum atomic E-state index is 11.3. The monoisotopic (exact) mass is 252 g/mol. The van der Waals surface area contributed by atoms with Crippen LogP contribution in [0.4, 0.5) is 5.69 Å². The average molecular weight is 252 g/mol. The third-order valence-electron chi connectivity index (χ3n) is 2.34. The molecule has 17 heavy (non-hydrogen) atoms. The van der Waals surface area contributed by atoms with Crippen LogP contribution in [0.1, 0.15) is 0 Å². The van der Waals surface area contributed by atoms with Crippen LogP contribution >= 0.6 is 0 Å². The third kappa shape index (κ3) is 2.10. The molecule has 2 rings (SSSR count). The highest BCUT2D eigenvalue weighted by molar-refractivity contribution is 7.89. The lowest BCUT2D eigenvalue weighted by Gasteiger charge is -2.03. The maximum Gasteiger partial charge on any atom is 0.270 e. The van der Waals surface area contributed by atoms with Crippen molar-refractivity contribution < 1.29 is 13.3 Å². The van der Waals surface area contributed by atoms with E-state index in [1.54, 1.807) is 6.07 Å². The smallest absolute Gasteiger partial charge is 0.258 e. The fraction of sp³-hybridized carbons (Fsp3) is 0. The van der Waals surface area contributed by atoms with Gasteiger partial charge in [-0.1, -0.05) is 12.1 Å². The van der Waals surface area contributed by atoms with Gasteiger partial charge >= 0.3 is 0 Å². The molecule has 88 valence electrons. The highest BCUT2D eigenvalue weighted by Gasteiger charge is 2.14. The molecule has 0 aliphatic rings. The summed E-state index contributed by atoms with van der Waals surface area (Å²) < 4.78 is 22.6. The molecule has 0 saturated carbocycles. The molecular formula is C10H8N2O4S. The van der Waals surface area contributed by atoms with Crippen LogP contribution in [0.5, 0.6) is 0 Å². The molecule has 0 heterocycles. The van der Waals surface area contributed by atoms with Crippen LogP contribution in [-0.2, 0) is 10.0 Å². The minimum atomic E-state index is -3.83. The molecule has 0 bridgehead atoms. The molecule has 2 N–H and O–H groups in total. The van der Waals surface area contributed by atoms with Gasteiger partial charge in [0.2, 0.25) is 10.0 Å². The first-order chi connectivity index (χ1) is 7.89. The van der Waals surface area contributed by atoms with Gasteiger partial charge in [0.1, 0.15) is 0 Å². The van der Waals surface area contributed by atoms with Crippen LogP contribution in [0.15, 0.2) is 41.3 Å². The molecule has 0 unspecified atom stereocenters. The minimum absolute atomic E-state index is 0.0371. The van der Waals surface area contributed by atoms with E-state index in [4.69, 9.17) is 5.14 Å². The van der Waals surface area contributed by atoms with Crippen molar-refractivity contribution in [2.24, 2.45) is 5.14 Å². The van der Waals surface area contributed by atoms with E-state index in [0.29, 0.717) is 10.8 Å². The number of non-ortho nitro benzene ring substituents is 1. The van der Waals surface area contributed by atoms with E-state index in [1.165, 1.54) is 30.3 Å². The summed E-state index contributed by atoms with van der Waals surface area (Å²) in [5.41, 5.74) is -0.0935. The first-order valence-corrected chi connectivity index (χ1v) is 6.14. The summed E-state index contributed by atoms with van der Waals surface area (Å²) in [4.78, 5) is 10.0. The molecule has 0 atom stereocenters. The molecule has 0 aliphatic heterocycles. The quantitative estimate of drug-likeness (QED) is 0.644. The lowest BCUT2D eigenvalue weighted by Crippen LogP contribution is -2.12. The van der Waals surface area contributed by atoms with Gasteiger partial charge < -0.3 is 0 Å². The predicted octanol–water partition coefficient (Wildman–Crippen LogP) is 1.40. The Hall–Kier alpha value is -1.99. The molecule has 0 spiro atoms. The summed E-state index contributed by atoms with van der Waals surface area (Å²) in [6, 6.07) is 8.39. The highest BCUT2D eigenvalue weighted by Crippen LogP contribution is 2.25. The van der Waals surface area contributed by atoms with Crippen molar-refractivity contribution in [3.63, 3.8) is 0 Å². The summed E-state index contributed by atoms with van der Waals surface area (Å²) in [5.74, 6) is 0. The van der Waals surface area contributed by atoms with E-state index in [2.05, 4.69) is 0 Å². The zero-order chi connectivity index (χ0) is 12.6. The molecule has 0 amide bonds. The Morgan fingerprint density at radius 2 is 1.88 bits per heavy atom. The zero-order valence-electron chi connectivity index (χ0n) is 8.53. The van der Waals surface area contributed by atoms with Crippen molar-refractivity contribution in [2.75, 3.05) is 0 Å². The standard InChI is InChI=1S/C10H8N2O4S/c11-17(15,16)10-3-1-2-7-6-8(12(13)14)4-5-9(7)10/h1-6H,(H2,11,15,16). The molecule has 2 aromatic rings. The van der Waals surface area contributed by atoms with Crippen molar-refractivity contribution in [1.29, 1.82) is 0 Å². The van der Waals surface area contributed by atoms with Gasteiger partial charge in [-0.2, -0.15) is 0 Å². The summed E-state index contributed by atoms with van der Waals surface area (Å²) in [7, 11) is -3.83. The molecule has 0 fully saturated rings. The highest BCUT2D eigenvalue weighted by atomic mass is 32.2. The van der Waals surface area contributed by atoms with Crippen molar-refractivity contribution in [3.8, 4) is 0 Å². The number of benzene rings is 2. The Labute approximate surface area is 96.9 Å². The number of nitrogens with zero attached hydrogens (tertiary/aromatic N) is 1. The summed E-state index contributed by atoms with van der Waals surface area (Å²) in [6.45, 7) is 0. The van der Waals surface area contributed by atoms with E-state index in [1.807, 2.05) is 0 Å². The van der Waals surface area contributed by atoms with E-state index >= 15 is 0 Å². The summed E-state index contributed by atoms with van der Waals surface area (Å²) in [5, 5.41) is 16.5. The number of sulfonamides is 1. The minimum Gasteiger partial charge on any atom is -0.258 e. The number of hydrogen-bond acceptors (Lipinski definition) is 4. The topological polar surface area (TPSA) is 103 Å². The number of nitro groups is 1. The normalized spacial score (nSPS) is 11.6. The van der Waals surface area contributed by atoms with Gasteiger partial charge in [0.15, 0.2) is 0 Å². The molecule has 0 radical (unpaired) electrons. The average Bonchev–Trinajstić information content (AvgIpc) is 2.26. The fourth-order valence-electron chi connectivity index (χ4n) is 1.60. The van der Waals surface area contributed by atoms with Gasteiger partial charge in [-0.15, -0.1) is 0 Å². The summed E-state index contributed by atoms with van der Waals surface area (Å²) in [6.07, 6.45) is 0. The van der Waals surface area contributed by atoms with Gasteiger partial charge in [0.25, 0.3) is 5.69 Å². The number of hydrogen-bond donors (Lipinski definition) is 1. The second kappa shape index (κ2) is 3.79. The summed E-state index contributed by atoms with van der Waals surface area (Å²) >= 11 is 0. The largest absolute Gasteiger partial charge is 0.270 e. The van der Waals surface area contributed by atoms with E-state index in [9.17, 15) is 18.5 Å². The van der Waals surface area contributed by atoms with Crippen LogP contribution in [-0.4, -0.2) is 13.3 Å². The Morgan fingerprint density at radius 1 is 1.18 bits per heavy atom. The lowest BCUT2D eigenvalue weighted by atomic mass is 10.1. The van der Waals surface area contributed by atoms with Gasteiger partial charge in [-0.25, -0.2) is 13.6 Å². The predicted molar refractivity (Wildman–Crippen MR) is 62.0 cm³/mol. The number of nitro benzene ring substituents is 1. The second-order valence-corrected chi connectivity index (χ2v) is 4.99. The Bertz CT molecular complexity index is 709. The molecule has 6 nitrogen and oxygen atoms in total. The molecule has 0 aliphatic carbocycles. The SMILES string of the molecule is NS(=O)(=O)c1cccc2cc([N+](=O)[O-])ccc12. The van der Waals surface area contributed by atoms with Crippen LogP contribution < -0.4 is 5.14 Å². The molecule has 0 aromatic heterocycles. The van der Waals surface area contributed by atoms with Crippen LogP contribution in [0, 0.1) is 10.1 Å². The van der Waals surface area contributed by atoms with Crippen LogP contribution in [0.2, 0.25) is 0 Å². The van der Waals surface area contributed by atoms with Gasteiger partial charge in [-0.05, 0) is 17.5 Å². The Kier molecular flexibility index (Phi) is 2.56. The molecule has 2 aromatic carbocycles. The maximum absolute atomic E-state index is 11.3. The first-order valence-electron chi connectivity index (χ1n) is 4.59. The lowest BCUT2D eigenvalue weighted by molar-refractivity contribution is -0.384. The van der Waals surface area contributed by atoms with Crippen LogP contribution in [0.3, 0.4) is 0 Å². The van der Waals surface area contributed by atoms with Crippen molar-refractivity contribution in [2.45, 2.75) is 4.90 Å². The second-order valence-electron chi connectivity index (χ2n) is 3.46.